The third-order valence-corrected chi connectivity index (χ3v) is 4.79. The van der Waals surface area contributed by atoms with Crippen molar-refractivity contribution in [1.82, 2.24) is 0 Å². The zero-order chi connectivity index (χ0) is 14.1. The smallest absolute Gasteiger partial charge is 0.204 e. The normalized spacial score (nSPS) is 17.2. The largest absolute Gasteiger partial charge is 0.480 e. The van der Waals surface area contributed by atoms with Crippen molar-refractivity contribution in [2.75, 3.05) is 5.75 Å². The van der Waals surface area contributed by atoms with Gasteiger partial charge in [0.25, 0.3) is 0 Å². The lowest BCUT2D eigenvalue weighted by molar-refractivity contribution is 0.0814. The average molecular weight is 284 g/mol. The van der Waals surface area contributed by atoms with E-state index in [0.29, 0.717) is 5.75 Å². The maximum absolute atomic E-state index is 12.6. The van der Waals surface area contributed by atoms with Crippen LogP contribution in [0.2, 0.25) is 0 Å². The Kier molecular flexibility index (Phi) is 3.53. The monoisotopic (exact) mass is 284 g/mol. The van der Waals surface area contributed by atoms with Gasteiger partial charge in [-0.3, -0.25) is 4.79 Å². The lowest BCUT2D eigenvalue weighted by Crippen LogP contribution is -2.32. The summed E-state index contributed by atoms with van der Waals surface area (Å²) in [6.45, 7) is 4.02. The number of carbonyl (C=O) groups excluding carboxylic acids is 1. The molecule has 102 valence electrons. The van der Waals surface area contributed by atoms with E-state index in [1.165, 1.54) is 0 Å². The minimum atomic E-state index is -0.393. The summed E-state index contributed by atoms with van der Waals surface area (Å²) < 4.78 is 5.87. The molecule has 0 bridgehead atoms. The number of hydrogen-bond acceptors (Lipinski definition) is 3. The van der Waals surface area contributed by atoms with Crippen LogP contribution in [0.1, 0.15) is 21.5 Å². The minimum absolute atomic E-state index is 0.0770. The highest BCUT2D eigenvalue weighted by Crippen LogP contribution is 2.35. The van der Waals surface area contributed by atoms with Gasteiger partial charge in [-0.15, -0.1) is 11.8 Å². The molecule has 20 heavy (non-hydrogen) atoms. The quantitative estimate of drug-likeness (QED) is 0.779. The van der Waals surface area contributed by atoms with Crippen LogP contribution in [0.3, 0.4) is 0 Å². The number of fused-ring (bicyclic) bond motifs is 1. The maximum Gasteiger partial charge on any atom is 0.204 e. The molecule has 2 aromatic rings. The maximum atomic E-state index is 12.6. The molecule has 0 saturated carbocycles. The first-order valence-corrected chi connectivity index (χ1v) is 7.64. The van der Waals surface area contributed by atoms with Gasteiger partial charge in [-0.1, -0.05) is 30.3 Å². The van der Waals surface area contributed by atoms with Crippen molar-refractivity contribution < 1.29 is 9.53 Å². The van der Waals surface area contributed by atoms with Crippen molar-refractivity contribution in [2.45, 2.75) is 24.8 Å². The summed E-state index contributed by atoms with van der Waals surface area (Å²) >= 11 is 1.68. The van der Waals surface area contributed by atoms with Gasteiger partial charge in [0.1, 0.15) is 5.75 Å². The number of hydrogen-bond donors (Lipinski definition) is 0. The number of benzene rings is 2. The van der Waals surface area contributed by atoms with Gasteiger partial charge in [-0.25, -0.2) is 0 Å². The highest BCUT2D eigenvalue weighted by Gasteiger charge is 2.28. The van der Waals surface area contributed by atoms with Gasteiger partial charge in [0, 0.05) is 16.2 Å². The van der Waals surface area contributed by atoms with Gasteiger partial charge in [0.2, 0.25) is 5.78 Å². The number of para-hydroxylation sites is 1. The van der Waals surface area contributed by atoms with Crippen LogP contribution in [0.15, 0.2) is 47.4 Å². The van der Waals surface area contributed by atoms with Crippen molar-refractivity contribution in [3.63, 3.8) is 0 Å². The van der Waals surface area contributed by atoms with Gasteiger partial charge >= 0.3 is 0 Å². The molecule has 0 fully saturated rings. The SMILES string of the molecule is Cc1cccc(C(=O)C2CSc3ccccc3O2)c1C. The molecule has 3 rings (SSSR count). The zero-order valence-electron chi connectivity index (χ0n) is 11.6. The molecular formula is C17H16O2S. The van der Waals surface area contributed by atoms with E-state index in [-0.39, 0.29) is 5.78 Å². The standard InChI is InChI=1S/C17H16O2S/c1-11-6-5-7-13(12(11)2)17(18)15-10-20-16-9-4-3-8-14(16)19-15/h3-9,15H,10H2,1-2H3. The molecule has 0 spiro atoms. The predicted octanol–water partition coefficient (Wildman–Crippen LogP) is 4.04. The summed E-state index contributed by atoms with van der Waals surface area (Å²) in [5.41, 5.74) is 2.96. The Hall–Kier alpha value is -1.74. The zero-order valence-corrected chi connectivity index (χ0v) is 12.4. The van der Waals surface area contributed by atoms with Crippen molar-refractivity contribution >= 4 is 17.5 Å². The minimum Gasteiger partial charge on any atom is -0.480 e. The van der Waals surface area contributed by atoms with Crippen molar-refractivity contribution in [2.24, 2.45) is 0 Å². The van der Waals surface area contributed by atoms with Crippen LogP contribution in [0, 0.1) is 13.8 Å². The molecule has 0 aliphatic carbocycles. The number of carbonyl (C=O) groups is 1. The fraction of sp³-hybridized carbons (Fsp3) is 0.235. The van der Waals surface area contributed by atoms with Crippen molar-refractivity contribution in [3.8, 4) is 5.75 Å². The van der Waals surface area contributed by atoms with Crippen LogP contribution < -0.4 is 4.74 Å². The third-order valence-electron chi connectivity index (χ3n) is 3.67. The Labute approximate surface area is 123 Å². The molecule has 0 aromatic heterocycles. The highest BCUT2D eigenvalue weighted by atomic mass is 32.2. The van der Waals surface area contributed by atoms with Crippen LogP contribution in [-0.2, 0) is 0 Å². The molecule has 0 radical (unpaired) electrons. The molecule has 0 amide bonds. The molecule has 1 aliphatic rings. The second kappa shape index (κ2) is 5.33. The molecule has 1 heterocycles. The van der Waals surface area contributed by atoms with Gasteiger partial charge in [0.05, 0.1) is 0 Å². The molecular weight excluding hydrogens is 268 g/mol. The van der Waals surface area contributed by atoms with Crippen molar-refractivity contribution in [3.05, 3.63) is 59.2 Å². The second-order valence-corrected chi connectivity index (χ2v) is 6.04. The number of aryl methyl sites for hydroxylation is 1. The van der Waals surface area contributed by atoms with Crippen LogP contribution in [-0.4, -0.2) is 17.6 Å². The fourth-order valence-corrected chi connectivity index (χ4v) is 3.32. The lowest BCUT2D eigenvalue weighted by atomic mass is 9.98. The molecule has 0 N–H and O–H groups in total. The van der Waals surface area contributed by atoms with E-state index in [9.17, 15) is 4.79 Å². The second-order valence-electron chi connectivity index (χ2n) is 4.98. The Balaban J connectivity index is 1.88. The van der Waals surface area contributed by atoms with E-state index in [1.807, 2.05) is 56.3 Å². The van der Waals surface area contributed by atoms with E-state index in [1.54, 1.807) is 11.8 Å². The Morgan fingerprint density at radius 3 is 2.80 bits per heavy atom. The summed E-state index contributed by atoms with van der Waals surface area (Å²) in [6, 6.07) is 13.7. The molecule has 2 aromatic carbocycles. The number of ketones is 1. The first-order valence-electron chi connectivity index (χ1n) is 6.66. The predicted molar refractivity (Wildman–Crippen MR) is 81.8 cm³/mol. The number of ether oxygens (including phenoxy) is 1. The highest BCUT2D eigenvalue weighted by molar-refractivity contribution is 7.99. The van der Waals surface area contributed by atoms with E-state index in [0.717, 1.165) is 27.3 Å². The van der Waals surface area contributed by atoms with E-state index < -0.39 is 6.10 Å². The van der Waals surface area contributed by atoms with Gasteiger partial charge < -0.3 is 4.74 Å². The number of Topliss-reactive ketones (excluding diaryl/α,β-unsaturated/α-hetero) is 1. The Morgan fingerprint density at radius 1 is 1.15 bits per heavy atom. The molecule has 0 saturated heterocycles. The summed E-state index contributed by atoms with van der Waals surface area (Å²) in [5, 5.41) is 0. The first-order chi connectivity index (χ1) is 9.66. The third kappa shape index (κ3) is 2.34. The summed E-state index contributed by atoms with van der Waals surface area (Å²) in [5.74, 6) is 1.56. The van der Waals surface area contributed by atoms with Crippen LogP contribution in [0.25, 0.3) is 0 Å². The Bertz CT molecular complexity index is 664. The topological polar surface area (TPSA) is 26.3 Å². The van der Waals surface area contributed by atoms with Crippen LogP contribution in [0.5, 0.6) is 5.75 Å². The van der Waals surface area contributed by atoms with Crippen molar-refractivity contribution in [1.29, 1.82) is 0 Å². The van der Waals surface area contributed by atoms with Gasteiger partial charge in [0.15, 0.2) is 6.10 Å². The lowest BCUT2D eigenvalue weighted by Gasteiger charge is -2.25. The van der Waals surface area contributed by atoms with E-state index in [4.69, 9.17) is 4.74 Å². The van der Waals surface area contributed by atoms with E-state index in [2.05, 4.69) is 0 Å². The summed E-state index contributed by atoms with van der Waals surface area (Å²) in [7, 11) is 0. The summed E-state index contributed by atoms with van der Waals surface area (Å²) in [6.07, 6.45) is -0.393. The molecule has 3 heteroatoms. The summed E-state index contributed by atoms with van der Waals surface area (Å²) in [4.78, 5) is 13.8. The Morgan fingerprint density at radius 2 is 1.95 bits per heavy atom. The van der Waals surface area contributed by atoms with E-state index >= 15 is 0 Å². The molecule has 1 atom stereocenters. The number of thioether (sulfide) groups is 1. The fourth-order valence-electron chi connectivity index (χ4n) is 2.34. The molecule has 1 aliphatic heterocycles. The van der Waals surface area contributed by atoms with Crippen LogP contribution in [0.4, 0.5) is 0 Å². The van der Waals surface area contributed by atoms with Crippen LogP contribution >= 0.6 is 11.8 Å². The first kappa shape index (κ1) is 13.3. The average Bonchev–Trinajstić information content (AvgIpc) is 2.49. The van der Waals surface area contributed by atoms with Gasteiger partial charge in [-0.2, -0.15) is 0 Å². The van der Waals surface area contributed by atoms with Gasteiger partial charge in [-0.05, 0) is 37.1 Å². The number of rotatable bonds is 2. The molecule has 1 unspecified atom stereocenters. The molecule has 2 nitrogen and oxygen atoms in total.